The Kier molecular flexibility index (Phi) is 5.24. The summed E-state index contributed by atoms with van der Waals surface area (Å²) in [5, 5.41) is 24.3. The summed E-state index contributed by atoms with van der Waals surface area (Å²) in [5.74, 6) is 0.437. The number of rotatable bonds is 7. The summed E-state index contributed by atoms with van der Waals surface area (Å²) in [4.78, 5) is 10.3. The highest BCUT2D eigenvalue weighted by molar-refractivity contribution is 9.11. The van der Waals surface area contributed by atoms with Crippen LogP contribution in [0.25, 0.3) is 0 Å². The number of ether oxygens (including phenoxy) is 1. The zero-order valence-corrected chi connectivity index (χ0v) is 14.6. The molecule has 0 amide bonds. The maximum absolute atomic E-state index is 10.8. The van der Waals surface area contributed by atoms with Crippen LogP contribution in [0.15, 0.2) is 21.1 Å². The zero-order chi connectivity index (χ0) is 15.6. The van der Waals surface area contributed by atoms with E-state index in [9.17, 15) is 15.2 Å². The molecule has 1 atom stereocenters. The van der Waals surface area contributed by atoms with Crippen LogP contribution in [0, 0.1) is 10.1 Å². The molecular formula is C13H16Br2N2O4. The lowest BCUT2D eigenvalue weighted by molar-refractivity contribution is -0.385. The van der Waals surface area contributed by atoms with Crippen LogP contribution < -0.4 is 10.1 Å². The van der Waals surface area contributed by atoms with Crippen molar-refractivity contribution in [2.75, 3.05) is 13.2 Å². The molecule has 1 aliphatic carbocycles. The Morgan fingerprint density at radius 3 is 2.52 bits per heavy atom. The summed E-state index contributed by atoms with van der Waals surface area (Å²) in [6.45, 7) is 2.22. The number of nitrogens with zero attached hydrogens (tertiary/aromatic N) is 1. The number of nitro benzene ring substituents is 1. The van der Waals surface area contributed by atoms with Gasteiger partial charge in [-0.15, -0.1) is 0 Å². The Labute approximate surface area is 139 Å². The van der Waals surface area contributed by atoms with E-state index in [0.29, 0.717) is 27.3 Å². The van der Waals surface area contributed by atoms with Gasteiger partial charge in [0.15, 0.2) is 0 Å². The Balaban J connectivity index is 2.00. The number of aliphatic hydroxyl groups is 1. The van der Waals surface area contributed by atoms with Gasteiger partial charge in [0.1, 0.15) is 18.0 Å². The van der Waals surface area contributed by atoms with E-state index in [2.05, 4.69) is 37.2 Å². The highest BCUT2D eigenvalue weighted by atomic mass is 79.9. The first kappa shape index (κ1) is 16.7. The second-order valence-corrected chi connectivity index (χ2v) is 7.15. The molecule has 0 spiro atoms. The Bertz CT molecular complexity index is 524. The molecule has 6 nitrogen and oxygen atoms in total. The number of nitrogens with one attached hydrogen (secondary N) is 1. The van der Waals surface area contributed by atoms with E-state index in [1.165, 1.54) is 12.1 Å². The van der Waals surface area contributed by atoms with Gasteiger partial charge in [-0.1, -0.05) is 0 Å². The Hall–Kier alpha value is -0.700. The van der Waals surface area contributed by atoms with Gasteiger partial charge in [-0.25, -0.2) is 0 Å². The third-order valence-corrected chi connectivity index (χ3v) is 4.25. The lowest BCUT2D eigenvalue weighted by Gasteiger charge is -2.24. The van der Waals surface area contributed by atoms with E-state index < -0.39 is 10.5 Å². The van der Waals surface area contributed by atoms with Crippen LogP contribution >= 0.6 is 31.9 Å². The minimum atomic E-state index is -1.01. The first-order valence-electron chi connectivity index (χ1n) is 6.50. The van der Waals surface area contributed by atoms with Crippen LogP contribution in [-0.2, 0) is 0 Å². The summed E-state index contributed by atoms with van der Waals surface area (Å²) in [5.41, 5.74) is -1.05. The molecule has 1 aliphatic rings. The van der Waals surface area contributed by atoms with Gasteiger partial charge in [0.05, 0.1) is 13.9 Å². The van der Waals surface area contributed by atoms with E-state index in [1.54, 1.807) is 6.92 Å². The number of halogens is 2. The largest absolute Gasteiger partial charge is 0.488 e. The van der Waals surface area contributed by atoms with Gasteiger partial charge in [-0.3, -0.25) is 10.1 Å². The van der Waals surface area contributed by atoms with Crippen LogP contribution in [0.3, 0.4) is 0 Å². The quantitative estimate of drug-likeness (QED) is 0.520. The number of hydrogen-bond donors (Lipinski definition) is 2. The topological polar surface area (TPSA) is 84.6 Å². The summed E-state index contributed by atoms with van der Waals surface area (Å²) >= 11 is 6.50. The van der Waals surface area contributed by atoms with E-state index in [1.807, 2.05) is 0 Å². The maximum Gasteiger partial charge on any atom is 0.271 e. The van der Waals surface area contributed by atoms with E-state index in [-0.39, 0.29) is 12.3 Å². The molecule has 116 valence electrons. The molecule has 21 heavy (non-hydrogen) atoms. The van der Waals surface area contributed by atoms with Crippen LogP contribution in [0.5, 0.6) is 5.75 Å². The molecule has 0 aliphatic heterocycles. The summed E-state index contributed by atoms with van der Waals surface area (Å²) in [7, 11) is 0. The fraction of sp³-hybridized carbons (Fsp3) is 0.538. The van der Waals surface area contributed by atoms with E-state index >= 15 is 0 Å². The zero-order valence-electron chi connectivity index (χ0n) is 11.4. The maximum atomic E-state index is 10.8. The summed E-state index contributed by atoms with van der Waals surface area (Å²) in [6, 6.07) is 3.25. The highest BCUT2D eigenvalue weighted by Gasteiger charge is 2.28. The molecule has 0 radical (unpaired) electrons. The lowest BCUT2D eigenvalue weighted by Crippen LogP contribution is -2.43. The van der Waals surface area contributed by atoms with Gasteiger partial charge >= 0.3 is 0 Å². The third kappa shape index (κ3) is 4.91. The predicted octanol–water partition coefficient (Wildman–Crippen LogP) is 3.00. The molecule has 2 rings (SSSR count). The summed E-state index contributed by atoms with van der Waals surface area (Å²) in [6.07, 6.45) is 2.30. The molecule has 0 aromatic heterocycles. The van der Waals surface area contributed by atoms with Crippen molar-refractivity contribution >= 4 is 37.5 Å². The van der Waals surface area contributed by atoms with Gasteiger partial charge < -0.3 is 15.2 Å². The molecule has 1 fully saturated rings. The standard InChI is InChI=1S/C13H16Br2N2O4/c1-13(18,6-16-8-2-3-8)7-21-12-10(14)4-9(17(19)20)5-11(12)15/h4-5,8,16,18H,2-3,6-7H2,1H3. The lowest BCUT2D eigenvalue weighted by atomic mass is 10.1. The van der Waals surface area contributed by atoms with Crippen molar-refractivity contribution in [3.8, 4) is 5.75 Å². The van der Waals surface area contributed by atoms with Gasteiger partial charge in [0, 0.05) is 24.7 Å². The second kappa shape index (κ2) is 6.60. The minimum absolute atomic E-state index is 0.0386. The fourth-order valence-corrected chi connectivity index (χ4v) is 3.11. The van der Waals surface area contributed by atoms with Crippen LogP contribution in [-0.4, -0.2) is 34.8 Å². The number of hydrogen-bond acceptors (Lipinski definition) is 5. The van der Waals surface area contributed by atoms with Crippen molar-refractivity contribution in [3.63, 3.8) is 0 Å². The molecular weight excluding hydrogens is 408 g/mol. The molecule has 0 heterocycles. The molecule has 0 saturated heterocycles. The molecule has 1 aromatic rings. The first-order chi connectivity index (χ1) is 9.78. The highest BCUT2D eigenvalue weighted by Crippen LogP contribution is 2.37. The predicted molar refractivity (Wildman–Crippen MR) is 85.6 cm³/mol. The average Bonchev–Trinajstić information content (AvgIpc) is 3.19. The van der Waals surface area contributed by atoms with Gasteiger partial charge in [-0.2, -0.15) is 0 Å². The van der Waals surface area contributed by atoms with E-state index in [4.69, 9.17) is 4.74 Å². The molecule has 1 aromatic carbocycles. The van der Waals surface area contributed by atoms with Crippen LogP contribution in [0.2, 0.25) is 0 Å². The number of non-ortho nitro benzene ring substituents is 1. The summed E-state index contributed by atoms with van der Waals surface area (Å²) < 4.78 is 6.55. The van der Waals surface area contributed by atoms with Crippen molar-refractivity contribution < 1.29 is 14.8 Å². The molecule has 2 N–H and O–H groups in total. The average molecular weight is 424 g/mol. The molecule has 0 bridgehead atoms. The molecule has 8 heteroatoms. The minimum Gasteiger partial charge on any atom is -0.488 e. The van der Waals surface area contributed by atoms with Crippen molar-refractivity contribution in [2.24, 2.45) is 0 Å². The van der Waals surface area contributed by atoms with Crippen LogP contribution in [0.4, 0.5) is 5.69 Å². The van der Waals surface area contributed by atoms with Gasteiger partial charge in [0.2, 0.25) is 0 Å². The van der Waals surface area contributed by atoms with Gasteiger partial charge in [-0.05, 0) is 51.6 Å². The van der Waals surface area contributed by atoms with E-state index in [0.717, 1.165) is 12.8 Å². The SMILES string of the molecule is CC(O)(CNC1CC1)COc1c(Br)cc([N+](=O)[O-])cc1Br. The van der Waals surface area contributed by atoms with Crippen molar-refractivity contribution in [2.45, 2.75) is 31.4 Å². The van der Waals surface area contributed by atoms with Gasteiger partial charge in [0.25, 0.3) is 5.69 Å². The van der Waals surface area contributed by atoms with Crippen LogP contribution in [0.1, 0.15) is 19.8 Å². The second-order valence-electron chi connectivity index (χ2n) is 5.44. The monoisotopic (exact) mass is 422 g/mol. The number of nitro groups is 1. The van der Waals surface area contributed by atoms with Crippen molar-refractivity contribution in [1.29, 1.82) is 0 Å². The molecule has 1 unspecified atom stereocenters. The first-order valence-corrected chi connectivity index (χ1v) is 8.09. The normalized spacial score (nSPS) is 17.3. The third-order valence-electron chi connectivity index (χ3n) is 3.07. The van der Waals surface area contributed by atoms with Crippen molar-refractivity contribution in [3.05, 3.63) is 31.2 Å². The smallest absolute Gasteiger partial charge is 0.271 e. The Morgan fingerprint density at radius 2 is 2.05 bits per heavy atom. The van der Waals surface area contributed by atoms with Crippen molar-refractivity contribution in [1.82, 2.24) is 5.32 Å². The fourth-order valence-electron chi connectivity index (χ4n) is 1.72. The number of benzene rings is 1. The molecule has 1 saturated carbocycles. The Morgan fingerprint density at radius 1 is 1.48 bits per heavy atom.